The first-order chi connectivity index (χ1) is 7.69. The molecule has 0 bridgehead atoms. The summed E-state index contributed by atoms with van der Waals surface area (Å²) in [5, 5.41) is 3.33. The Bertz CT molecular complexity index is 406. The van der Waals surface area contributed by atoms with Crippen molar-refractivity contribution in [2.45, 2.75) is 26.3 Å². The van der Waals surface area contributed by atoms with Crippen molar-refractivity contribution in [3.05, 3.63) is 34.1 Å². The fourth-order valence-corrected chi connectivity index (χ4v) is 1.88. The van der Waals surface area contributed by atoms with Crippen LogP contribution in [0.2, 0.25) is 0 Å². The molecule has 0 heterocycles. The minimum absolute atomic E-state index is 0.161. The van der Waals surface area contributed by atoms with Crippen molar-refractivity contribution in [2.24, 2.45) is 0 Å². The van der Waals surface area contributed by atoms with E-state index < -0.39 is 0 Å². The van der Waals surface area contributed by atoms with Gasteiger partial charge in [0.2, 0.25) is 0 Å². The van der Waals surface area contributed by atoms with E-state index in [1.807, 2.05) is 13.8 Å². The monoisotopic (exact) mass is 283 g/mol. The molecule has 3 heteroatoms. The first-order valence-electron chi connectivity index (χ1n) is 5.27. The van der Waals surface area contributed by atoms with E-state index in [1.165, 1.54) is 6.07 Å². The lowest BCUT2D eigenvalue weighted by atomic mass is 10.0. The Balaban J connectivity index is 2.89. The van der Waals surface area contributed by atoms with Crippen LogP contribution in [0.4, 0.5) is 4.39 Å². The van der Waals surface area contributed by atoms with Crippen molar-refractivity contribution in [2.75, 3.05) is 6.54 Å². The van der Waals surface area contributed by atoms with Gasteiger partial charge in [0.15, 0.2) is 0 Å². The smallest absolute Gasteiger partial charge is 0.137 e. The molecule has 1 aromatic rings. The molecule has 1 unspecified atom stereocenters. The van der Waals surface area contributed by atoms with Crippen LogP contribution < -0.4 is 5.32 Å². The fraction of sp³-hybridized carbons (Fsp3) is 0.385. The van der Waals surface area contributed by atoms with Gasteiger partial charge < -0.3 is 5.32 Å². The summed E-state index contributed by atoms with van der Waals surface area (Å²) in [4.78, 5) is 0. The summed E-state index contributed by atoms with van der Waals surface area (Å²) in [6.45, 7) is 4.74. The average molecular weight is 284 g/mol. The molecule has 0 aliphatic rings. The minimum Gasteiger partial charge on any atom is -0.309 e. The molecule has 0 fully saturated rings. The van der Waals surface area contributed by atoms with E-state index in [9.17, 15) is 4.39 Å². The maximum Gasteiger partial charge on any atom is 0.137 e. The number of halogens is 2. The number of hydrogen-bond donors (Lipinski definition) is 1. The molecule has 0 spiro atoms. The van der Waals surface area contributed by atoms with Gasteiger partial charge in [-0.15, -0.1) is 11.8 Å². The van der Waals surface area contributed by atoms with E-state index in [2.05, 4.69) is 33.1 Å². The van der Waals surface area contributed by atoms with Gasteiger partial charge >= 0.3 is 0 Å². The lowest BCUT2D eigenvalue weighted by Crippen LogP contribution is -2.20. The molecule has 0 saturated carbocycles. The first-order valence-corrected chi connectivity index (χ1v) is 6.06. The van der Waals surface area contributed by atoms with E-state index in [1.54, 1.807) is 12.1 Å². The summed E-state index contributed by atoms with van der Waals surface area (Å²) >= 11 is 3.19. The molecule has 1 rings (SSSR count). The lowest BCUT2D eigenvalue weighted by Gasteiger charge is -2.16. The largest absolute Gasteiger partial charge is 0.309 e. The highest BCUT2D eigenvalue weighted by Crippen LogP contribution is 2.23. The summed E-state index contributed by atoms with van der Waals surface area (Å²) < 4.78 is 13.6. The van der Waals surface area contributed by atoms with Crippen molar-refractivity contribution < 1.29 is 4.39 Å². The van der Waals surface area contributed by atoms with E-state index in [0.717, 1.165) is 18.5 Å². The summed E-state index contributed by atoms with van der Waals surface area (Å²) in [5.41, 5.74) is 1.05. The van der Waals surface area contributed by atoms with E-state index in [4.69, 9.17) is 0 Å². The van der Waals surface area contributed by atoms with Crippen LogP contribution in [0.3, 0.4) is 0 Å². The molecule has 1 atom stereocenters. The van der Waals surface area contributed by atoms with Gasteiger partial charge in [0.25, 0.3) is 0 Å². The van der Waals surface area contributed by atoms with Crippen molar-refractivity contribution in [1.82, 2.24) is 5.32 Å². The molecule has 1 aromatic carbocycles. The van der Waals surface area contributed by atoms with Gasteiger partial charge in [-0.05, 0) is 47.1 Å². The van der Waals surface area contributed by atoms with Gasteiger partial charge in [0.05, 0.1) is 4.47 Å². The zero-order chi connectivity index (χ0) is 12.0. The SMILES string of the molecule is CC#CCC(NCC)c1ccc(F)c(Br)c1. The van der Waals surface area contributed by atoms with Gasteiger partial charge in [-0.2, -0.15) is 0 Å². The predicted molar refractivity (Wildman–Crippen MR) is 68.6 cm³/mol. The van der Waals surface area contributed by atoms with Crippen molar-refractivity contribution in [3.8, 4) is 11.8 Å². The van der Waals surface area contributed by atoms with E-state index in [0.29, 0.717) is 4.47 Å². The third-order valence-corrected chi connectivity index (χ3v) is 2.89. The van der Waals surface area contributed by atoms with Gasteiger partial charge in [-0.25, -0.2) is 4.39 Å². The van der Waals surface area contributed by atoms with Crippen molar-refractivity contribution in [1.29, 1.82) is 0 Å². The lowest BCUT2D eigenvalue weighted by molar-refractivity contribution is 0.561. The molecule has 1 N–H and O–H groups in total. The van der Waals surface area contributed by atoms with Crippen LogP contribution in [-0.2, 0) is 0 Å². The second kappa shape index (κ2) is 6.67. The Kier molecular flexibility index (Phi) is 5.51. The zero-order valence-electron chi connectivity index (χ0n) is 9.48. The molecule has 0 amide bonds. The maximum atomic E-state index is 13.1. The van der Waals surface area contributed by atoms with Crippen LogP contribution in [0.25, 0.3) is 0 Å². The Morgan fingerprint density at radius 3 is 2.81 bits per heavy atom. The molecule has 16 heavy (non-hydrogen) atoms. The van der Waals surface area contributed by atoms with E-state index >= 15 is 0 Å². The highest BCUT2D eigenvalue weighted by molar-refractivity contribution is 9.10. The second-order valence-corrected chi connectivity index (χ2v) is 4.27. The quantitative estimate of drug-likeness (QED) is 0.832. The summed E-state index contributed by atoms with van der Waals surface area (Å²) in [7, 11) is 0. The highest BCUT2D eigenvalue weighted by Gasteiger charge is 2.10. The van der Waals surface area contributed by atoms with Crippen LogP contribution in [0.1, 0.15) is 31.9 Å². The molecule has 0 aromatic heterocycles. The number of benzene rings is 1. The van der Waals surface area contributed by atoms with Gasteiger partial charge in [-0.1, -0.05) is 13.0 Å². The molecular formula is C13H15BrFN. The Morgan fingerprint density at radius 2 is 2.25 bits per heavy atom. The normalized spacial score (nSPS) is 11.8. The molecule has 0 radical (unpaired) electrons. The average Bonchev–Trinajstić information content (AvgIpc) is 2.28. The third kappa shape index (κ3) is 3.62. The molecule has 0 aliphatic carbocycles. The van der Waals surface area contributed by atoms with Crippen LogP contribution in [0.5, 0.6) is 0 Å². The van der Waals surface area contributed by atoms with Crippen LogP contribution in [0, 0.1) is 17.7 Å². The van der Waals surface area contributed by atoms with Gasteiger partial charge in [-0.3, -0.25) is 0 Å². The first kappa shape index (κ1) is 13.2. The molecule has 0 aliphatic heterocycles. The highest BCUT2D eigenvalue weighted by atomic mass is 79.9. The summed E-state index contributed by atoms with van der Waals surface area (Å²) in [5.74, 6) is 5.69. The number of hydrogen-bond acceptors (Lipinski definition) is 1. The topological polar surface area (TPSA) is 12.0 Å². The second-order valence-electron chi connectivity index (χ2n) is 3.41. The summed E-state index contributed by atoms with van der Waals surface area (Å²) in [6, 6.07) is 5.24. The molecule has 0 saturated heterocycles. The standard InChI is InChI=1S/C13H15BrFN/c1-3-5-6-13(16-4-2)10-7-8-12(15)11(14)9-10/h7-9,13,16H,4,6H2,1-2H3. The fourth-order valence-electron chi connectivity index (χ4n) is 1.49. The van der Waals surface area contributed by atoms with Crippen molar-refractivity contribution in [3.63, 3.8) is 0 Å². The Labute approximate surface area is 105 Å². The number of nitrogens with one attached hydrogen (secondary N) is 1. The minimum atomic E-state index is -0.236. The predicted octanol–water partition coefficient (Wildman–Crippen LogP) is 3.65. The molecule has 1 nitrogen and oxygen atoms in total. The number of rotatable bonds is 4. The van der Waals surface area contributed by atoms with E-state index in [-0.39, 0.29) is 11.9 Å². The van der Waals surface area contributed by atoms with Crippen LogP contribution in [0.15, 0.2) is 22.7 Å². The third-order valence-electron chi connectivity index (χ3n) is 2.28. The Hall–Kier alpha value is -0.850. The summed E-state index contributed by atoms with van der Waals surface area (Å²) in [6.07, 6.45) is 0.739. The Morgan fingerprint density at radius 1 is 1.50 bits per heavy atom. The molecular weight excluding hydrogens is 269 g/mol. The van der Waals surface area contributed by atoms with Crippen LogP contribution in [-0.4, -0.2) is 6.54 Å². The molecule has 86 valence electrons. The zero-order valence-corrected chi connectivity index (χ0v) is 11.1. The van der Waals surface area contributed by atoms with Crippen LogP contribution >= 0.6 is 15.9 Å². The maximum absolute atomic E-state index is 13.1. The van der Waals surface area contributed by atoms with Gasteiger partial charge in [0.1, 0.15) is 5.82 Å². The van der Waals surface area contributed by atoms with Crippen molar-refractivity contribution >= 4 is 15.9 Å². The van der Waals surface area contributed by atoms with Gasteiger partial charge in [0, 0.05) is 12.5 Å².